The number of nitrogens with one attached hydrogen (secondary N) is 2. The summed E-state index contributed by atoms with van der Waals surface area (Å²) in [5, 5.41) is 16.6. The van der Waals surface area contributed by atoms with Gasteiger partial charge in [0.05, 0.1) is 10.9 Å². The van der Waals surface area contributed by atoms with E-state index in [0.29, 0.717) is 10.6 Å². The highest BCUT2D eigenvalue weighted by atomic mass is 35.5. The summed E-state index contributed by atoms with van der Waals surface area (Å²) < 4.78 is 41.2. The van der Waals surface area contributed by atoms with E-state index in [1.54, 1.807) is 11.4 Å². The van der Waals surface area contributed by atoms with Gasteiger partial charge in [-0.2, -0.15) is 13.2 Å². The van der Waals surface area contributed by atoms with Gasteiger partial charge in [0.15, 0.2) is 10.9 Å². The number of thiophene rings is 1. The number of carbonyl (C=O) groups is 1. The zero-order chi connectivity index (χ0) is 19.1. The maximum atomic E-state index is 13.7. The molecule has 0 amide bonds. The Kier molecular flexibility index (Phi) is 5.00. The molecule has 1 aliphatic heterocycles. The van der Waals surface area contributed by atoms with Crippen molar-refractivity contribution >= 4 is 46.1 Å². The third kappa shape index (κ3) is 3.32. The summed E-state index contributed by atoms with van der Waals surface area (Å²) in [4.78, 5) is 13.0. The lowest BCUT2D eigenvalue weighted by atomic mass is 9.79. The van der Waals surface area contributed by atoms with E-state index in [9.17, 15) is 23.1 Å². The van der Waals surface area contributed by atoms with E-state index in [0.717, 1.165) is 11.3 Å². The molecule has 1 fully saturated rings. The zero-order valence-electron chi connectivity index (χ0n) is 12.9. The van der Waals surface area contributed by atoms with Gasteiger partial charge in [0.2, 0.25) is 5.72 Å². The van der Waals surface area contributed by atoms with Crippen molar-refractivity contribution in [3.8, 4) is 0 Å². The van der Waals surface area contributed by atoms with Crippen molar-refractivity contribution in [1.29, 1.82) is 0 Å². The van der Waals surface area contributed by atoms with Gasteiger partial charge in [-0.05, 0) is 41.4 Å². The van der Waals surface area contributed by atoms with Crippen molar-refractivity contribution in [2.24, 2.45) is 5.92 Å². The second-order valence-corrected chi connectivity index (χ2v) is 7.50. The van der Waals surface area contributed by atoms with E-state index in [-0.39, 0.29) is 4.88 Å². The number of carbonyl (C=O) groups excluding carboxylic acids is 1. The summed E-state index contributed by atoms with van der Waals surface area (Å²) in [6.45, 7) is 0. The monoisotopic (exact) mass is 420 g/mol. The van der Waals surface area contributed by atoms with Crippen LogP contribution in [0.25, 0.3) is 0 Å². The third-order valence-corrected chi connectivity index (χ3v) is 5.44. The van der Waals surface area contributed by atoms with Crippen LogP contribution in [-0.2, 0) is 0 Å². The van der Waals surface area contributed by atoms with Crippen LogP contribution in [0.15, 0.2) is 41.8 Å². The van der Waals surface area contributed by atoms with Crippen molar-refractivity contribution in [2.45, 2.75) is 17.9 Å². The van der Waals surface area contributed by atoms with Crippen LogP contribution in [0.3, 0.4) is 0 Å². The van der Waals surface area contributed by atoms with Gasteiger partial charge in [-0.3, -0.25) is 4.79 Å². The van der Waals surface area contributed by atoms with Gasteiger partial charge >= 0.3 is 6.18 Å². The molecule has 0 spiro atoms. The first-order valence-corrected chi connectivity index (χ1v) is 9.01. The lowest BCUT2D eigenvalue weighted by Crippen LogP contribution is -2.72. The predicted octanol–water partition coefficient (Wildman–Crippen LogP) is 3.67. The summed E-state index contributed by atoms with van der Waals surface area (Å²) in [5.41, 5.74) is -3.17. The molecule has 138 valence electrons. The molecule has 1 aliphatic rings. The van der Waals surface area contributed by atoms with Crippen molar-refractivity contribution in [2.75, 3.05) is 0 Å². The minimum absolute atomic E-state index is 0.105. The molecular weight excluding hydrogens is 409 g/mol. The van der Waals surface area contributed by atoms with Crippen LogP contribution in [0.5, 0.6) is 0 Å². The van der Waals surface area contributed by atoms with Gasteiger partial charge in [0, 0.05) is 5.02 Å². The first-order valence-electron chi connectivity index (χ1n) is 7.34. The summed E-state index contributed by atoms with van der Waals surface area (Å²) in [6, 6.07) is 7.72. The Bertz CT molecular complexity index is 827. The molecule has 1 aromatic carbocycles. The molecule has 3 N–H and O–H groups in total. The minimum atomic E-state index is -5.14. The predicted molar refractivity (Wildman–Crippen MR) is 96.2 cm³/mol. The number of ketones is 1. The van der Waals surface area contributed by atoms with Crippen molar-refractivity contribution < 1.29 is 23.1 Å². The van der Waals surface area contributed by atoms with Crippen molar-refractivity contribution in [3.63, 3.8) is 0 Å². The van der Waals surface area contributed by atoms with Crippen LogP contribution >= 0.6 is 35.2 Å². The SMILES string of the molecule is O=C(c1cccs1)[C@@H]1[C@@H](c2ccc(Cl)cc2)NC(=S)N[C@@]1(O)C(F)(F)F. The molecule has 3 atom stereocenters. The quantitative estimate of drug-likeness (QED) is 0.522. The zero-order valence-corrected chi connectivity index (χ0v) is 15.3. The van der Waals surface area contributed by atoms with Gasteiger partial charge in [0.1, 0.15) is 5.92 Å². The van der Waals surface area contributed by atoms with Crippen LogP contribution in [0, 0.1) is 5.92 Å². The highest BCUT2D eigenvalue weighted by molar-refractivity contribution is 7.80. The van der Waals surface area contributed by atoms with Crippen LogP contribution < -0.4 is 10.6 Å². The fourth-order valence-electron chi connectivity index (χ4n) is 2.86. The Hall–Kier alpha value is -1.68. The second kappa shape index (κ2) is 6.80. The smallest absolute Gasteiger partial charge is 0.363 e. The fourth-order valence-corrected chi connectivity index (χ4v) is 3.97. The van der Waals surface area contributed by atoms with Gasteiger partial charge in [-0.15, -0.1) is 11.3 Å². The molecule has 2 aromatic rings. The van der Waals surface area contributed by atoms with Crippen LogP contribution in [-0.4, -0.2) is 27.9 Å². The van der Waals surface area contributed by atoms with E-state index in [2.05, 4.69) is 5.32 Å². The second-order valence-electron chi connectivity index (χ2n) is 5.71. The number of halogens is 4. The lowest BCUT2D eigenvalue weighted by molar-refractivity contribution is -0.285. The molecule has 4 nitrogen and oxygen atoms in total. The Balaban J connectivity index is 2.14. The highest BCUT2D eigenvalue weighted by Gasteiger charge is 2.65. The maximum absolute atomic E-state index is 13.7. The molecule has 1 aromatic heterocycles. The largest absolute Gasteiger partial charge is 0.437 e. The van der Waals surface area contributed by atoms with Crippen LogP contribution in [0.2, 0.25) is 5.02 Å². The molecule has 0 unspecified atom stereocenters. The molecule has 26 heavy (non-hydrogen) atoms. The highest BCUT2D eigenvalue weighted by Crippen LogP contribution is 2.44. The van der Waals surface area contributed by atoms with E-state index in [1.807, 2.05) is 5.32 Å². The number of rotatable bonds is 3. The normalized spacial score (nSPS) is 26.1. The number of aliphatic hydroxyl groups is 1. The number of hydrogen-bond acceptors (Lipinski definition) is 4. The Morgan fingerprint density at radius 1 is 1.27 bits per heavy atom. The van der Waals surface area contributed by atoms with E-state index in [4.69, 9.17) is 23.8 Å². The fraction of sp³-hybridized carbons (Fsp3) is 0.250. The van der Waals surface area contributed by atoms with E-state index < -0.39 is 34.8 Å². The summed E-state index contributed by atoms with van der Waals surface area (Å²) in [5.74, 6) is -2.74. The topological polar surface area (TPSA) is 61.4 Å². The molecule has 3 rings (SSSR count). The number of alkyl halides is 3. The number of Topliss-reactive ketones (excluding diaryl/α,β-unsaturated/α-hetero) is 1. The minimum Gasteiger partial charge on any atom is -0.363 e. The third-order valence-electron chi connectivity index (χ3n) is 4.08. The number of hydrogen-bond donors (Lipinski definition) is 3. The molecule has 0 aliphatic carbocycles. The Morgan fingerprint density at radius 2 is 1.92 bits per heavy atom. The molecule has 0 saturated carbocycles. The molecule has 2 heterocycles. The molecule has 10 heteroatoms. The van der Waals surface area contributed by atoms with Gasteiger partial charge in [-0.1, -0.05) is 29.8 Å². The molecule has 1 saturated heterocycles. The van der Waals surface area contributed by atoms with Crippen molar-refractivity contribution in [3.05, 3.63) is 57.2 Å². The van der Waals surface area contributed by atoms with Gasteiger partial charge < -0.3 is 15.7 Å². The Morgan fingerprint density at radius 3 is 2.46 bits per heavy atom. The van der Waals surface area contributed by atoms with Gasteiger partial charge in [0.25, 0.3) is 0 Å². The summed E-state index contributed by atoms with van der Waals surface area (Å²) in [6.07, 6.45) is -5.14. The first-order chi connectivity index (χ1) is 12.1. The van der Waals surface area contributed by atoms with E-state index in [1.165, 1.54) is 30.3 Å². The van der Waals surface area contributed by atoms with Gasteiger partial charge in [-0.25, -0.2) is 0 Å². The average Bonchev–Trinajstić information content (AvgIpc) is 3.08. The van der Waals surface area contributed by atoms with Crippen LogP contribution in [0.4, 0.5) is 13.2 Å². The molecule has 0 bridgehead atoms. The maximum Gasteiger partial charge on any atom is 0.437 e. The van der Waals surface area contributed by atoms with E-state index >= 15 is 0 Å². The van der Waals surface area contributed by atoms with Crippen molar-refractivity contribution in [1.82, 2.24) is 10.6 Å². The summed E-state index contributed by atoms with van der Waals surface area (Å²) in [7, 11) is 0. The summed E-state index contributed by atoms with van der Waals surface area (Å²) >= 11 is 11.7. The lowest BCUT2D eigenvalue weighted by Gasteiger charge is -2.46. The Labute approximate surface area is 161 Å². The number of benzene rings is 1. The molecule has 0 radical (unpaired) electrons. The van der Waals surface area contributed by atoms with Crippen LogP contribution in [0.1, 0.15) is 21.3 Å². The number of thiocarbonyl (C=S) groups is 1. The average molecular weight is 421 g/mol. The standard InChI is InChI=1S/C16H12ClF3N2O2S2/c17-9-5-3-8(4-6-9)12-11(13(23)10-2-1-7-26-10)15(24,16(18,19)20)22-14(25)21-12/h1-7,11-12,24H,(H2,21,22,25)/t11-,12+,15-/m0/s1. The first kappa shape index (κ1) is 19.1. The molecular formula is C16H12ClF3N2O2S2.